The minimum absolute atomic E-state index is 0.477. The molecule has 0 saturated heterocycles. The number of likely N-dealkylation sites (N-methyl/N-ethyl adjacent to an activating group) is 2. The first kappa shape index (κ1) is 15.7. The number of rotatable bonds is 6. The fraction of sp³-hybridized carbons (Fsp3) is 0.800. The summed E-state index contributed by atoms with van der Waals surface area (Å²) in [4.78, 5) is 25.6. The summed E-state index contributed by atoms with van der Waals surface area (Å²) < 4.78 is 0. The third-order valence-corrected chi connectivity index (χ3v) is 2.26. The number of aliphatic carboxylic acids is 1. The van der Waals surface area contributed by atoms with Crippen LogP contribution in [-0.2, 0) is 4.79 Å². The van der Waals surface area contributed by atoms with Crippen LogP contribution in [0.1, 0.15) is 6.92 Å². The predicted molar refractivity (Wildman–Crippen MR) is 62.8 cm³/mol. The summed E-state index contributed by atoms with van der Waals surface area (Å²) in [6.45, 7) is 2.47. The molecular weight excluding hydrogens is 226 g/mol. The fourth-order valence-corrected chi connectivity index (χ4v) is 1.08. The summed E-state index contributed by atoms with van der Waals surface area (Å²) in [5, 5.41) is 20.3. The van der Waals surface area contributed by atoms with E-state index >= 15 is 0 Å². The maximum atomic E-state index is 11.6. The summed E-state index contributed by atoms with van der Waals surface area (Å²) in [6.07, 6.45) is -1.14. The van der Waals surface area contributed by atoms with E-state index in [1.807, 2.05) is 19.0 Å². The molecule has 0 aliphatic carbocycles. The Bertz CT molecular complexity index is 268. The van der Waals surface area contributed by atoms with Crippen LogP contribution in [0.5, 0.6) is 0 Å². The molecule has 0 rings (SSSR count). The Morgan fingerprint density at radius 3 is 2.12 bits per heavy atom. The SMILES string of the molecule is C[C@@H](O)[C@H](NC(=O)N(C)CCN(C)C)C(=O)O. The number of aliphatic hydroxyl groups is 1. The zero-order valence-electron chi connectivity index (χ0n) is 10.7. The Balaban J connectivity index is 4.26. The first-order chi connectivity index (χ1) is 7.75. The van der Waals surface area contributed by atoms with Crippen molar-refractivity contribution < 1.29 is 19.8 Å². The van der Waals surface area contributed by atoms with E-state index in [-0.39, 0.29) is 0 Å². The van der Waals surface area contributed by atoms with E-state index in [0.29, 0.717) is 13.1 Å². The standard InChI is InChI=1S/C10H21N3O4/c1-7(14)8(9(15)16)11-10(17)13(4)6-5-12(2)3/h7-8,14H,5-6H2,1-4H3,(H,11,17)(H,15,16)/t7-,8+/m1/s1. The molecule has 0 radical (unpaired) electrons. The maximum absolute atomic E-state index is 11.6. The van der Waals surface area contributed by atoms with E-state index in [9.17, 15) is 14.7 Å². The third-order valence-electron chi connectivity index (χ3n) is 2.26. The average Bonchev–Trinajstić information content (AvgIpc) is 2.20. The highest BCUT2D eigenvalue weighted by atomic mass is 16.4. The van der Waals surface area contributed by atoms with Gasteiger partial charge < -0.3 is 25.3 Å². The molecule has 7 nitrogen and oxygen atoms in total. The predicted octanol–water partition coefficient (Wildman–Crippen LogP) is -0.977. The van der Waals surface area contributed by atoms with Gasteiger partial charge in [-0.3, -0.25) is 0 Å². The van der Waals surface area contributed by atoms with E-state index < -0.39 is 24.1 Å². The molecular formula is C10H21N3O4. The highest BCUT2D eigenvalue weighted by Crippen LogP contribution is 1.95. The fourth-order valence-electron chi connectivity index (χ4n) is 1.08. The number of carboxylic acids is 1. The van der Waals surface area contributed by atoms with Crippen LogP contribution in [0, 0.1) is 0 Å². The second-order valence-electron chi connectivity index (χ2n) is 4.23. The highest BCUT2D eigenvalue weighted by Gasteiger charge is 2.26. The van der Waals surface area contributed by atoms with Gasteiger partial charge in [0.05, 0.1) is 6.10 Å². The number of urea groups is 1. The van der Waals surface area contributed by atoms with Gasteiger partial charge in [-0.15, -0.1) is 0 Å². The van der Waals surface area contributed by atoms with Gasteiger partial charge in [0.2, 0.25) is 0 Å². The molecule has 2 amide bonds. The number of amides is 2. The van der Waals surface area contributed by atoms with Crippen LogP contribution in [0.3, 0.4) is 0 Å². The lowest BCUT2D eigenvalue weighted by molar-refractivity contribution is -0.141. The van der Waals surface area contributed by atoms with Gasteiger partial charge in [-0.1, -0.05) is 0 Å². The number of carboxylic acid groups (broad SMARTS) is 1. The van der Waals surface area contributed by atoms with Crippen LogP contribution in [0.15, 0.2) is 0 Å². The quantitative estimate of drug-likeness (QED) is 0.561. The van der Waals surface area contributed by atoms with E-state index in [2.05, 4.69) is 5.32 Å². The molecule has 0 aromatic heterocycles. The Morgan fingerprint density at radius 2 is 1.76 bits per heavy atom. The van der Waals surface area contributed by atoms with Crippen molar-refractivity contribution in [2.24, 2.45) is 0 Å². The molecule has 3 N–H and O–H groups in total. The van der Waals surface area contributed by atoms with Gasteiger partial charge in [-0.05, 0) is 21.0 Å². The van der Waals surface area contributed by atoms with Gasteiger partial charge in [0.1, 0.15) is 0 Å². The molecule has 0 aromatic carbocycles. The molecule has 0 fully saturated rings. The lowest BCUT2D eigenvalue weighted by Gasteiger charge is -2.23. The number of carbonyl (C=O) groups excluding carboxylic acids is 1. The number of aliphatic hydroxyl groups excluding tert-OH is 1. The Hall–Kier alpha value is -1.34. The number of hydrogen-bond donors (Lipinski definition) is 3. The second kappa shape index (κ2) is 7.08. The Morgan fingerprint density at radius 1 is 1.24 bits per heavy atom. The molecule has 17 heavy (non-hydrogen) atoms. The average molecular weight is 247 g/mol. The molecule has 0 aromatic rings. The van der Waals surface area contributed by atoms with Gasteiger partial charge in [-0.25, -0.2) is 9.59 Å². The zero-order chi connectivity index (χ0) is 13.6. The first-order valence-corrected chi connectivity index (χ1v) is 5.33. The van der Waals surface area contributed by atoms with E-state index in [4.69, 9.17) is 5.11 Å². The monoisotopic (exact) mass is 247 g/mol. The summed E-state index contributed by atoms with van der Waals surface area (Å²) in [5.74, 6) is -1.26. The zero-order valence-corrected chi connectivity index (χ0v) is 10.7. The van der Waals surface area contributed by atoms with Gasteiger partial charge in [0.15, 0.2) is 6.04 Å². The Labute approximate surface area is 101 Å². The summed E-state index contributed by atoms with van der Waals surface area (Å²) >= 11 is 0. The number of hydrogen-bond acceptors (Lipinski definition) is 4. The molecule has 100 valence electrons. The van der Waals surface area contributed by atoms with E-state index in [1.54, 1.807) is 7.05 Å². The highest BCUT2D eigenvalue weighted by molar-refractivity contribution is 5.82. The van der Waals surface area contributed by atoms with Crippen LogP contribution in [0.4, 0.5) is 4.79 Å². The maximum Gasteiger partial charge on any atom is 0.328 e. The molecule has 0 spiro atoms. The van der Waals surface area contributed by atoms with Gasteiger partial charge in [-0.2, -0.15) is 0 Å². The van der Waals surface area contributed by atoms with Gasteiger partial charge >= 0.3 is 12.0 Å². The number of nitrogens with one attached hydrogen (secondary N) is 1. The molecule has 0 aliphatic heterocycles. The lowest BCUT2D eigenvalue weighted by atomic mass is 10.2. The van der Waals surface area contributed by atoms with Crippen molar-refractivity contribution in [2.75, 3.05) is 34.2 Å². The van der Waals surface area contributed by atoms with Crippen molar-refractivity contribution in [3.63, 3.8) is 0 Å². The molecule has 7 heteroatoms. The molecule has 0 aliphatic rings. The van der Waals surface area contributed by atoms with Crippen molar-refractivity contribution >= 4 is 12.0 Å². The van der Waals surface area contributed by atoms with Crippen molar-refractivity contribution in [3.05, 3.63) is 0 Å². The van der Waals surface area contributed by atoms with Crippen molar-refractivity contribution in [1.82, 2.24) is 15.1 Å². The van der Waals surface area contributed by atoms with Crippen LogP contribution in [-0.4, -0.2) is 78.4 Å². The molecule has 0 heterocycles. The second-order valence-corrected chi connectivity index (χ2v) is 4.23. The smallest absolute Gasteiger partial charge is 0.328 e. The van der Waals surface area contributed by atoms with Gasteiger partial charge in [0.25, 0.3) is 0 Å². The van der Waals surface area contributed by atoms with Crippen molar-refractivity contribution in [1.29, 1.82) is 0 Å². The van der Waals surface area contributed by atoms with Crippen LogP contribution >= 0.6 is 0 Å². The molecule has 2 atom stereocenters. The van der Waals surface area contributed by atoms with Crippen LogP contribution < -0.4 is 5.32 Å². The van der Waals surface area contributed by atoms with E-state index in [1.165, 1.54) is 11.8 Å². The minimum atomic E-state index is -1.29. The van der Waals surface area contributed by atoms with Gasteiger partial charge in [0, 0.05) is 20.1 Å². The van der Waals surface area contributed by atoms with Crippen LogP contribution in [0.25, 0.3) is 0 Å². The normalized spacial score (nSPS) is 14.2. The minimum Gasteiger partial charge on any atom is -0.480 e. The van der Waals surface area contributed by atoms with Crippen LogP contribution in [0.2, 0.25) is 0 Å². The molecule has 0 bridgehead atoms. The van der Waals surface area contributed by atoms with Crippen molar-refractivity contribution in [2.45, 2.75) is 19.1 Å². The number of nitrogens with zero attached hydrogens (tertiary/aromatic N) is 2. The Kier molecular flexibility index (Phi) is 6.52. The first-order valence-electron chi connectivity index (χ1n) is 5.33. The third kappa shape index (κ3) is 6.08. The molecule has 0 unspecified atom stereocenters. The molecule has 0 saturated carbocycles. The summed E-state index contributed by atoms with van der Waals surface area (Å²) in [5.41, 5.74) is 0. The van der Waals surface area contributed by atoms with Crippen molar-refractivity contribution in [3.8, 4) is 0 Å². The largest absolute Gasteiger partial charge is 0.480 e. The van der Waals surface area contributed by atoms with E-state index in [0.717, 1.165) is 0 Å². The summed E-state index contributed by atoms with van der Waals surface area (Å²) in [6, 6.07) is -1.80. The topological polar surface area (TPSA) is 93.1 Å². The number of carbonyl (C=O) groups is 2. The lowest BCUT2D eigenvalue weighted by Crippen LogP contribution is -2.52. The summed E-state index contributed by atoms with van der Waals surface area (Å²) in [7, 11) is 5.32.